The summed E-state index contributed by atoms with van der Waals surface area (Å²) in [6.07, 6.45) is 4.49. The lowest BCUT2D eigenvalue weighted by Gasteiger charge is -2.20. The summed E-state index contributed by atoms with van der Waals surface area (Å²) in [5.41, 5.74) is 6.35. The molecule has 1 fully saturated rings. The van der Waals surface area contributed by atoms with Crippen LogP contribution >= 0.6 is 0 Å². The van der Waals surface area contributed by atoms with Crippen LogP contribution in [0.4, 0.5) is 0 Å². The number of nitrogens with zero attached hydrogens (tertiary/aromatic N) is 2. The van der Waals surface area contributed by atoms with Gasteiger partial charge in [-0.3, -0.25) is 0 Å². The molecule has 0 bridgehead atoms. The van der Waals surface area contributed by atoms with Crippen LogP contribution in [0.3, 0.4) is 0 Å². The zero-order chi connectivity index (χ0) is 15.5. The van der Waals surface area contributed by atoms with Crippen molar-refractivity contribution in [3.63, 3.8) is 0 Å². The standard InChI is InChI=1S/C15H25N3O2S/c1-12(2)14-4-3-8-18(9-7-14)21(19,20)15-6-5-13(10-16)11-17-15/h5-6,11-12,14H,3-4,7-10,16H2,1-2H3. The highest BCUT2D eigenvalue weighted by atomic mass is 32.2. The van der Waals surface area contributed by atoms with Gasteiger partial charge in [-0.05, 0) is 42.7 Å². The van der Waals surface area contributed by atoms with E-state index in [1.807, 2.05) is 0 Å². The van der Waals surface area contributed by atoms with Gasteiger partial charge in [0.05, 0.1) is 0 Å². The van der Waals surface area contributed by atoms with Gasteiger partial charge in [0.1, 0.15) is 0 Å². The summed E-state index contributed by atoms with van der Waals surface area (Å²) in [4.78, 5) is 4.07. The Morgan fingerprint density at radius 1 is 1.33 bits per heavy atom. The van der Waals surface area contributed by atoms with E-state index in [0.717, 1.165) is 24.8 Å². The van der Waals surface area contributed by atoms with Gasteiger partial charge in [0.15, 0.2) is 5.03 Å². The molecule has 2 heterocycles. The molecule has 0 amide bonds. The van der Waals surface area contributed by atoms with Crippen molar-refractivity contribution in [3.8, 4) is 0 Å². The molecular weight excluding hydrogens is 286 g/mol. The summed E-state index contributed by atoms with van der Waals surface area (Å²) in [5, 5.41) is 0.127. The Balaban J connectivity index is 2.15. The Kier molecular flexibility index (Phi) is 5.35. The quantitative estimate of drug-likeness (QED) is 0.922. The molecule has 2 N–H and O–H groups in total. The molecular formula is C15H25N3O2S. The fourth-order valence-corrected chi connectivity index (χ4v) is 4.23. The molecule has 0 radical (unpaired) electrons. The van der Waals surface area contributed by atoms with Gasteiger partial charge in [-0.1, -0.05) is 19.9 Å². The van der Waals surface area contributed by atoms with Crippen LogP contribution in [-0.4, -0.2) is 30.8 Å². The molecule has 1 unspecified atom stereocenters. The highest BCUT2D eigenvalue weighted by Crippen LogP contribution is 2.27. The molecule has 1 saturated heterocycles. The topological polar surface area (TPSA) is 76.3 Å². The maximum absolute atomic E-state index is 12.6. The number of sulfonamides is 1. The molecule has 118 valence electrons. The van der Waals surface area contributed by atoms with Crippen molar-refractivity contribution in [2.45, 2.75) is 44.7 Å². The third-order valence-electron chi connectivity index (χ3n) is 4.31. The predicted molar refractivity (Wildman–Crippen MR) is 83.1 cm³/mol. The first-order valence-corrected chi connectivity index (χ1v) is 9.04. The van der Waals surface area contributed by atoms with Crippen LogP contribution in [-0.2, 0) is 16.6 Å². The largest absolute Gasteiger partial charge is 0.326 e. The van der Waals surface area contributed by atoms with E-state index in [9.17, 15) is 8.42 Å². The Morgan fingerprint density at radius 2 is 2.10 bits per heavy atom. The third-order valence-corrected chi connectivity index (χ3v) is 6.13. The van der Waals surface area contributed by atoms with E-state index in [-0.39, 0.29) is 5.03 Å². The Labute approximate surface area is 127 Å². The van der Waals surface area contributed by atoms with E-state index in [1.54, 1.807) is 22.6 Å². The number of nitrogens with two attached hydrogens (primary N) is 1. The smallest absolute Gasteiger partial charge is 0.260 e. The van der Waals surface area contributed by atoms with Crippen LogP contribution in [0.5, 0.6) is 0 Å². The van der Waals surface area contributed by atoms with Gasteiger partial charge >= 0.3 is 0 Å². The average molecular weight is 311 g/mol. The molecule has 6 heteroatoms. The Morgan fingerprint density at radius 3 is 2.67 bits per heavy atom. The van der Waals surface area contributed by atoms with Gasteiger partial charge < -0.3 is 5.73 Å². The van der Waals surface area contributed by atoms with Crippen LogP contribution in [0.15, 0.2) is 23.4 Å². The van der Waals surface area contributed by atoms with E-state index in [1.165, 1.54) is 0 Å². The molecule has 1 aliphatic heterocycles. The molecule has 1 atom stereocenters. The fourth-order valence-electron chi connectivity index (χ4n) is 2.82. The average Bonchev–Trinajstić information content (AvgIpc) is 2.73. The minimum Gasteiger partial charge on any atom is -0.326 e. The number of aromatic nitrogens is 1. The Hall–Kier alpha value is -0.980. The monoisotopic (exact) mass is 311 g/mol. The number of hydrogen-bond donors (Lipinski definition) is 1. The van der Waals surface area contributed by atoms with Gasteiger partial charge in [-0.15, -0.1) is 0 Å². The van der Waals surface area contributed by atoms with Crippen molar-refractivity contribution >= 4 is 10.0 Å². The molecule has 1 aromatic heterocycles. The SMILES string of the molecule is CC(C)C1CCCN(S(=O)(=O)c2ccc(CN)cn2)CC1. The number of hydrogen-bond acceptors (Lipinski definition) is 4. The summed E-state index contributed by atoms with van der Waals surface area (Å²) in [7, 11) is -3.48. The minimum atomic E-state index is -3.48. The van der Waals surface area contributed by atoms with Crippen molar-refractivity contribution in [1.82, 2.24) is 9.29 Å². The highest BCUT2D eigenvalue weighted by molar-refractivity contribution is 7.89. The molecule has 21 heavy (non-hydrogen) atoms. The predicted octanol–water partition coefficient (Wildman–Crippen LogP) is 1.99. The van der Waals surface area contributed by atoms with Crippen molar-refractivity contribution in [1.29, 1.82) is 0 Å². The molecule has 2 rings (SSSR count). The Bertz CT molecular complexity index is 555. The van der Waals surface area contributed by atoms with Crippen molar-refractivity contribution in [2.24, 2.45) is 17.6 Å². The summed E-state index contributed by atoms with van der Waals surface area (Å²) < 4.78 is 26.9. The number of rotatable bonds is 4. The summed E-state index contributed by atoms with van der Waals surface area (Å²) in [6, 6.07) is 3.29. The van der Waals surface area contributed by atoms with Crippen LogP contribution in [0.1, 0.15) is 38.7 Å². The van der Waals surface area contributed by atoms with E-state index in [2.05, 4.69) is 18.8 Å². The van der Waals surface area contributed by atoms with Gasteiger partial charge in [-0.2, -0.15) is 4.31 Å². The zero-order valence-electron chi connectivity index (χ0n) is 12.8. The normalized spacial score (nSPS) is 21.4. The first kappa shape index (κ1) is 16.4. The van der Waals surface area contributed by atoms with Crippen LogP contribution in [0.2, 0.25) is 0 Å². The summed E-state index contributed by atoms with van der Waals surface area (Å²) >= 11 is 0. The first-order valence-electron chi connectivity index (χ1n) is 7.60. The van der Waals surface area contributed by atoms with Crippen molar-refractivity contribution in [2.75, 3.05) is 13.1 Å². The van der Waals surface area contributed by atoms with Crippen LogP contribution in [0.25, 0.3) is 0 Å². The lowest BCUT2D eigenvalue weighted by molar-refractivity contribution is 0.340. The van der Waals surface area contributed by atoms with Gasteiger partial charge in [0.2, 0.25) is 0 Å². The molecule has 0 spiro atoms. The van der Waals surface area contributed by atoms with E-state index >= 15 is 0 Å². The molecule has 0 aromatic carbocycles. The minimum absolute atomic E-state index is 0.127. The van der Waals surface area contributed by atoms with E-state index < -0.39 is 10.0 Å². The molecule has 0 aliphatic carbocycles. The first-order chi connectivity index (χ1) is 9.95. The molecule has 1 aromatic rings. The molecule has 5 nitrogen and oxygen atoms in total. The van der Waals surface area contributed by atoms with E-state index in [0.29, 0.717) is 31.5 Å². The zero-order valence-corrected chi connectivity index (χ0v) is 13.6. The fraction of sp³-hybridized carbons (Fsp3) is 0.667. The second kappa shape index (κ2) is 6.85. The van der Waals surface area contributed by atoms with Gasteiger partial charge in [-0.25, -0.2) is 13.4 Å². The summed E-state index contributed by atoms with van der Waals surface area (Å²) in [6.45, 7) is 5.97. The van der Waals surface area contributed by atoms with Gasteiger partial charge in [0, 0.05) is 25.8 Å². The maximum Gasteiger partial charge on any atom is 0.260 e. The number of pyridine rings is 1. The lowest BCUT2D eigenvalue weighted by Crippen LogP contribution is -2.32. The van der Waals surface area contributed by atoms with E-state index in [4.69, 9.17) is 5.73 Å². The van der Waals surface area contributed by atoms with Crippen LogP contribution in [0, 0.1) is 11.8 Å². The van der Waals surface area contributed by atoms with Crippen LogP contribution < -0.4 is 5.73 Å². The molecule has 0 saturated carbocycles. The second-order valence-electron chi connectivity index (χ2n) is 6.05. The van der Waals surface area contributed by atoms with Crippen molar-refractivity contribution in [3.05, 3.63) is 23.9 Å². The maximum atomic E-state index is 12.6. The molecule has 1 aliphatic rings. The lowest BCUT2D eigenvalue weighted by atomic mass is 9.89. The van der Waals surface area contributed by atoms with Gasteiger partial charge in [0.25, 0.3) is 10.0 Å². The second-order valence-corrected chi connectivity index (χ2v) is 7.93. The van der Waals surface area contributed by atoms with Crippen molar-refractivity contribution < 1.29 is 8.42 Å². The highest BCUT2D eigenvalue weighted by Gasteiger charge is 2.29. The third kappa shape index (κ3) is 3.81. The summed E-state index contributed by atoms with van der Waals surface area (Å²) in [5.74, 6) is 1.22.